The van der Waals surface area contributed by atoms with E-state index in [0.717, 1.165) is 25.0 Å². The molecule has 110 valence electrons. The van der Waals surface area contributed by atoms with E-state index in [1.54, 1.807) is 0 Å². The fraction of sp³-hybridized carbons (Fsp3) is 0.500. The second kappa shape index (κ2) is 5.66. The topological polar surface area (TPSA) is 64.4 Å². The van der Waals surface area contributed by atoms with Crippen LogP contribution in [0.25, 0.3) is 0 Å². The minimum atomic E-state index is -4.76. The third-order valence-electron chi connectivity index (χ3n) is 3.03. The fourth-order valence-electron chi connectivity index (χ4n) is 2.10. The first-order valence-electron chi connectivity index (χ1n) is 6.08. The molecule has 1 aliphatic rings. The fourth-order valence-corrected chi connectivity index (χ4v) is 2.10. The minimum Gasteiger partial charge on any atom is -0.380 e. The lowest BCUT2D eigenvalue weighted by Gasteiger charge is -2.24. The Morgan fingerprint density at radius 1 is 1.40 bits per heavy atom. The quantitative estimate of drug-likeness (QED) is 0.686. The molecular formula is C12H13F3N2O3. The first kappa shape index (κ1) is 14.6. The van der Waals surface area contributed by atoms with E-state index in [2.05, 4.69) is 5.32 Å². The highest BCUT2D eigenvalue weighted by Gasteiger charge is 2.38. The summed E-state index contributed by atoms with van der Waals surface area (Å²) < 4.78 is 43.7. The van der Waals surface area contributed by atoms with Crippen molar-refractivity contribution < 1.29 is 22.8 Å². The van der Waals surface area contributed by atoms with Crippen LogP contribution in [0, 0.1) is 10.1 Å². The predicted molar refractivity (Wildman–Crippen MR) is 65.6 cm³/mol. The molecule has 1 N–H and O–H groups in total. The highest BCUT2D eigenvalue weighted by Crippen LogP contribution is 2.37. The maximum absolute atomic E-state index is 12.8. The third-order valence-corrected chi connectivity index (χ3v) is 3.03. The van der Waals surface area contributed by atoms with Crippen LogP contribution in [0.2, 0.25) is 0 Å². The number of rotatable bonds is 3. The highest BCUT2D eigenvalue weighted by atomic mass is 19.4. The molecule has 0 aliphatic carbocycles. The molecule has 0 aromatic heterocycles. The van der Waals surface area contributed by atoms with Crippen LogP contribution in [0.3, 0.4) is 0 Å². The number of nitro groups is 1. The lowest BCUT2D eigenvalue weighted by Crippen LogP contribution is -2.30. The van der Waals surface area contributed by atoms with Crippen LogP contribution in [0.1, 0.15) is 18.4 Å². The maximum atomic E-state index is 12.8. The Bertz CT molecular complexity index is 499. The van der Waals surface area contributed by atoms with Crippen molar-refractivity contribution in [2.24, 2.45) is 0 Å². The van der Waals surface area contributed by atoms with E-state index in [-0.39, 0.29) is 11.7 Å². The second-order valence-electron chi connectivity index (χ2n) is 4.55. The zero-order chi connectivity index (χ0) is 14.8. The Kier molecular flexibility index (Phi) is 4.12. The van der Waals surface area contributed by atoms with Crippen LogP contribution in [-0.4, -0.2) is 24.2 Å². The lowest BCUT2D eigenvalue weighted by molar-refractivity contribution is -0.388. The molecule has 1 unspecified atom stereocenters. The number of halogens is 3. The smallest absolute Gasteiger partial charge is 0.380 e. The van der Waals surface area contributed by atoms with Gasteiger partial charge in [-0.2, -0.15) is 13.2 Å². The summed E-state index contributed by atoms with van der Waals surface area (Å²) in [6, 6.07) is 2.84. The summed E-state index contributed by atoms with van der Waals surface area (Å²) in [5.41, 5.74) is -1.98. The third kappa shape index (κ3) is 3.38. The van der Waals surface area contributed by atoms with Crippen LogP contribution < -0.4 is 5.32 Å². The second-order valence-corrected chi connectivity index (χ2v) is 4.55. The molecule has 0 amide bonds. The Morgan fingerprint density at radius 2 is 2.15 bits per heavy atom. The van der Waals surface area contributed by atoms with Gasteiger partial charge in [-0.25, -0.2) is 0 Å². The number of alkyl halides is 3. The first-order chi connectivity index (χ1) is 9.38. The lowest BCUT2D eigenvalue weighted by atomic mass is 10.1. The summed E-state index contributed by atoms with van der Waals surface area (Å²) in [7, 11) is 0. The molecule has 20 heavy (non-hydrogen) atoms. The number of nitrogens with zero attached hydrogens (tertiary/aromatic N) is 1. The molecule has 0 bridgehead atoms. The molecule has 1 atom stereocenters. The van der Waals surface area contributed by atoms with Crippen molar-refractivity contribution in [3.05, 3.63) is 33.9 Å². The summed E-state index contributed by atoms with van der Waals surface area (Å²) in [4.78, 5) is 9.60. The molecule has 1 fully saturated rings. The number of benzene rings is 1. The summed E-state index contributed by atoms with van der Waals surface area (Å²) in [6.45, 7) is 1.06. The van der Waals surface area contributed by atoms with E-state index < -0.39 is 22.4 Å². The molecule has 8 heteroatoms. The largest absolute Gasteiger partial charge is 0.423 e. The van der Waals surface area contributed by atoms with Gasteiger partial charge in [-0.3, -0.25) is 10.1 Å². The van der Waals surface area contributed by atoms with E-state index in [1.165, 1.54) is 6.07 Å². The molecule has 0 spiro atoms. The van der Waals surface area contributed by atoms with Crippen molar-refractivity contribution in [2.75, 3.05) is 18.5 Å². The Labute approximate surface area is 112 Å². The summed E-state index contributed by atoms with van der Waals surface area (Å²) in [5, 5.41) is 13.5. The maximum Gasteiger partial charge on any atom is 0.423 e. The van der Waals surface area contributed by atoms with Gasteiger partial charge in [0.1, 0.15) is 5.56 Å². The number of anilines is 1. The normalized spacial score (nSPS) is 19.6. The van der Waals surface area contributed by atoms with Crippen LogP contribution in [0.4, 0.5) is 24.5 Å². The molecule has 0 radical (unpaired) electrons. The van der Waals surface area contributed by atoms with Gasteiger partial charge in [0.2, 0.25) is 0 Å². The van der Waals surface area contributed by atoms with Gasteiger partial charge in [0, 0.05) is 24.4 Å². The van der Waals surface area contributed by atoms with E-state index in [9.17, 15) is 23.3 Å². The Balaban J connectivity index is 2.25. The average molecular weight is 290 g/mol. The highest BCUT2D eigenvalue weighted by molar-refractivity contribution is 5.55. The molecule has 5 nitrogen and oxygen atoms in total. The molecule has 1 aliphatic heterocycles. The Hall–Kier alpha value is -1.83. The van der Waals surface area contributed by atoms with Crippen molar-refractivity contribution in [1.29, 1.82) is 0 Å². The number of hydrogen-bond donors (Lipinski definition) is 1. The monoisotopic (exact) mass is 290 g/mol. The average Bonchev–Trinajstić information content (AvgIpc) is 2.38. The van der Waals surface area contributed by atoms with Gasteiger partial charge >= 0.3 is 6.18 Å². The number of hydrogen-bond acceptors (Lipinski definition) is 4. The zero-order valence-electron chi connectivity index (χ0n) is 10.4. The molecule has 0 saturated carbocycles. The Morgan fingerprint density at radius 3 is 2.70 bits per heavy atom. The van der Waals surface area contributed by atoms with Gasteiger partial charge in [0.25, 0.3) is 5.69 Å². The molecular weight excluding hydrogens is 277 g/mol. The van der Waals surface area contributed by atoms with Crippen LogP contribution in [-0.2, 0) is 10.9 Å². The number of nitrogens with one attached hydrogen (secondary N) is 1. The van der Waals surface area contributed by atoms with Crippen LogP contribution in [0.15, 0.2) is 18.2 Å². The van der Waals surface area contributed by atoms with Gasteiger partial charge in [-0.15, -0.1) is 0 Å². The van der Waals surface area contributed by atoms with Gasteiger partial charge < -0.3 is 10.1 Å². The van der Waals surface area contributed by atoms with Gasteiger partial charge in [-0.1, -0.05) is 0 Å². The van der Waals surface area contributed by atoms with E-state index in [4.69, 9.17) is 4.74 Å². The van der Waals surface area contributed by atoms with E-state index >= 15 is 0 Å². The van der Waals surface area contributed by atoms with Gasteiger partial charge in [0.05, 0.1) is 11.5 Å². The molecule has 2 rings (SSSR count). The van der Waals surface area contributed by atoms with Crippen molar-refractivity contribution in [2.45, 2.75) is 25.1 Å². The number of nitro benzene ring substituents is 1. The molecule has 1 saturated heterocycles. The summed E-state index contributed by atoms with van der Waals surface area (Å²) in [6.07, 6.45) is -3.14. The number of ether oxygens (including phenoxy) is 1. The molecule has 1 aromatic carbocycles. The van der Waals surface area contributed by atoms with Crippen molar-refractivity contribution in [3.63, 3.8) is 0 Å². The van der Waals surface area contributed by atoms with Crippen molar-refractivity contribution in [3.8, 4) is 0 Å². The van der Waals surface area contributed by atoms with E-state index in [0.29, 0.717) is 13.2 Å². The standard InChI is InChI=1S/C12H13F3N2O3/c13-12(14,15)10-6-8(3-4-11(10)17(18)19)16-9-2-1-5-20-7-9/h3-4,6,9,16H,1-2,5,7H2. The van der Waals surface area contributed by atoms with Crippen molar-refractivity contribution in [1.82, 2.24) is 0 Å². The van der Waals surface area contributed by atoms with Gasteiger partial charge in [0.15, 0.2) is 0 Å². The zero-order valence-corrected chi connectivity index (χ0v) is 10.4. The SMILES string of the molecule is O=[N+]([O-])c1ccc(NC2CCCOC2)cc1C(F)(F)F. The predicted octanol–water partition coefficient (Wildman–Crippen LogP) is 3.20. The first-order valence-corrected chi connectivity index (χ1v) is 6.08. The molecule has 1 aromatic rings. The van der Waals surface area contributed by atoms with Gasteiger partial charge in [-0.05, 0) is 25.0 Å². The van der Waals surface area contributed by atoms with E-state index in [1.807, 2.05) is 0 Å². The molecule has 1 heterocycles. The summed E-state index contributed by atoms with van der Waals surface area (Å²) in [5.74, 6) is 0. The summed E-state index contributed by atoms with van der Waals surface area (Å²) >= 11 is 0. The van der Waals surface area contributed by atoms with Crippen molar-refractivity contribution >= 4 is 11.4 Å². The minimum absolute atomic E-state index is 0.0775. The van der Waals surface area contributed by atoms with Crippen LogP contribution in [0.5, 0.6) is 0 Å². The van der Waals surface area contributed by atoms with Crippen LogP contribution >= 0.6 is 0 Å².